The van der Waals surface area contributed by atoms with Crippen LogP contribution in [-0.4, -0.2) is 63.4 Å². The van der Waals surface area contributed by atoms with Crippen LogP contribution in [0.4, 0.5) is 4.39 Å². The molecule has 2 aliphatic heterocycles. The lowest BCUT2D eigenvalue weighted by atomic mass is 9.93. The van der Waals surface area contributed by atoms with Crippen LogP contribution in [0.5, 0.6) is 11.6 Å². The van der Waals surface area contributed by atoms with E-state index in [0.717, 1.165) is 43.9 Å². The number of phenols is 1. The Morgan fingerprint density at radius 3 is 2.67 bits per heavy atom. The highest BCUT2D eigenvalue weighted by Gasteiger charge is 2.28. The molecule has 0 saturated carbocycles. The summed E-state index contributed by atoms with van der Waals surface area (Å²) in [6, 6.07) is 15.2. The normalized spacial score (nSPS) is 17.4. The molecule has 10 nitrogen and oxygen atoms in total. The molecule has 0 aliphatic carbocycles. The monoisotopic (exact) mass is 585 g/mol. The number of methoxy groups -OCH3 is 1. The maximum atomic E-state index is 14.3. The van der Waals surface area contributed by atoms with Crippen molar-refractivity contribution in [3.8, 4) is 17.7 Å². The van der Waals surface area contributed by atoms with Gasteiger partial charge in [0.1, 0.15) is 29.3 Å². The van der Waals surface area contributed by atoms with Gasteiger partial charge in [-0.15, -0.1) is 0 Å². The summed E-state index contributed by atoms with van der Waals surface area (Å²) in [6.45, 7) is 3.53. The molecule has 11 heteroatoms. The van der Waals surface area contributed by atoms with E-state index in [1.807, 2.05) is 22.8 Å². The van der Waals surface area contributed by atoms with Gasteiger partial charge in [0, 0.05) is 29.8 Å². The van der Waals surface area contributed by atoms with Crippen LogP contribution in [0.15, 0.2) is 48.5 Å². The number of rotatable bonds is 9. The van der Waals surface area contributed by atoms with Crippen molar-refractivity contribution in [3.63, 3.8) is 0 Å². The Labute approximate surface area is 248 Å². The van der Waals surface area contributed by atoms with E-state index in [2.05, 4.69) is 4.90 Å². The van der Waals surface area contributed by atoms with Crippen molar-refractivity contribution in [3.05, 3.63) is 82.6 Å². The predicted molar refractivity (Wildman–Crippen MR) is 154 cm³/mol. The second-order valence-corrected chi connectivity index (χ2v) is 10.9. The lowest BCUT2D eigenvalue weighted by Gasteiger charge is -2.32. The minimum absolute atomic E-state index is 0.0238. The van der Waals surface area contributed by atoms with Gasteiger partial charge in [-0.1, -0.05) is 12.1 Å². The van der Waals surface area contributed by atoms with E-state index in [1.165, 1.54) is 13.2 Å². The molecule has 0 bridgehead atoms. The molecule has 0 unspecified atom stereocenters. The number of fused-ring (bicyclic) bond motifs is 1. The van der Waals surface area contributed by atoms with Crippen molar-refractivity contribution in [1.29, 1.82) is 5.26 Å². The zero-order valence-corrected chi connectivity index (χ0v) is 23.8. The minimum Gasteiger partial charge on any atom is -0.505 e. The van der Waals surface area contributed by atoms with Gasteiger partial charge in [0.25, 0.3) is 0 Å². The molecule has 2 aliphatic rings. The van der Waals surface area contributed by atoms with Gasteiger partial charge < -0.3 is 23.9 Å². The summed E-state index contributed by atoms with van der Waals surface area (Å²) >= 11 is 0. The van der Waals surface area contributed by atoms with E-state index in [1.54, 1.807) is 30.3 Å². The number of halogens is 1. The summed E-state index contributed by atoms with van der Waals surface area (Å²) in [7, 11) is 1.29. The van der Waals surface area contributed by atoms with E-state index in [4.69, 9.17) is 29.4 Å². The van der Waals surface area contributed by atoms with Crippen molar-refractivity contribution in [2.24, 2.45) is 0 Å². The van der Waals surface area contributed by atoms with Crippen LogP contribution in [0.3, 0.4) is 0 Å². The summed E-state index contributed by atoms with van der Waals surface area (Å²) in [5.41, 5.74) is 2.82. The number of aromatic hydroxyl groups is 1. The number of hydrogen-bond donors (Lipinski definition) is 1. The van der Waals surface area contributed by atoms with Crippen LogP contribution in [0.1, 0.15) is 58.2 Å². The third-order valence-corrected chi connectivity index (χ3v) is 8.22. The minimum atomic E-state index is -0.597. The fourth-order valence-electron chi connectivity index (χ4n) is 5.69. The highest BCUT2D eigenvalue weighted by molar-refractivity contribution is 5.99. The van der Waals surface area contributed by atoms with Crippen LogP contribution in [-0.2, 0) is 29.2 Å². The fourth-order valence-corrected chi connectivity index (χ4v) is 5.69. The summed E-state index contributed by atoms with van der Waals surface area (Å²) in [5.74, 6) is 0.290. The van der Waals surface area contributed by atoms with Gasteiger partial charge in [-0.05, 0) is 62.7 Å². The first-order valence-corrected chi connectivity index (χ1v) is 14.3. The molecular weight excluding hydrogens is 553 g/mol. The topological polar surface area (TPSA) is 123 Å². The number of carbonyl (C=O) groups excluding carboxylic acids is 1. The van der Waals surface area contributed by atoms with Gasteiger partial charge in [-0.3, -0.25) is 4.90 Å². The number of ether oxygens (including phenoxy) is 3. The predicted octanol–water partition coefficient (Wildman–Crippen LogP) is 4.68. The molecular formula is C32H32FN5O5. The molecule has 0 amide bonds. The molecule has 2 aromatic carbocycles. The van der Waals surface area contributed by atoms with Crippen molar-refractivity contribution in [2.75, 3.05) is 26.8 Å². The molecule has 4 aromatic rings. The molecule has 0 radical (unpaired) electrons. The molecule has 1 N–H and O–H groups in total. The van der Waals surface area contributed by atoms with Crippen molar-refractivity contribution >= 4 is 17.0 Å². The summed E-state index contributed by atoms with van der Waals surface area (Å²) < 4.78 is 32.6. The summed E-state index contributed by atoms with van der Waals surface area (Å²) in [6.07, 6.45) is 2.76. The molecule has 0 spiro atoms. The number of piperidine rings is 1. The van der Waals surface area contributed by atoms with Crippen LogP contribution in [0.2, 0.25) is 0 Å². The third kappa shape index (κ3) is 6.02. The third-order valence-electron chi connectivity index (χ3n) is 8.22. The van der Waals surface area contributed by atoms with Gasteiger partial charge in [0.15, 0.2) is 5.75 Å². The first-order valence-electron chi connectivity index (χ1n) is 14.3. The maximum Gasteiger partial charge on any atom is 0.341 e. The van der Waals surface area contributed by atoms with E-state index >= 15 is 0 Å². The average Bonchev–Trinajstić information content (AvgIpc) is 3.35. The first kappa shape index (κ1) is 28.6. The Balaban J connectivity index is 1.12. The Hall–Kier alpha value is -4.53. The van der Waals surface area contributed by atoms with E-state index in [-0.39, 0.29) is 35.5 Å². The second kappa shape index (κ2) is 12.4. The molecule has 1 atom stereocenters. The van der Waals surface area contributed by atoms with E-state index in [9.17, 15) is 14.3 Å². The zero-order chi connectivity index (χ0) is 29.9. The Kier molecular flexibility index (Phi) is 8.22. The van der Waals surface area contributed by atoms with E-state index < -0.39 is 11.8 Å². The molecule has 43 heavy (non-hydrogen) atoms. The van der Waals surface area contributed by atoms with Crippen LogP contribution >= 0.6 is 0 Å². The molecule has 2 saturated heterocycles. The number of nitriles is 1. The number of benzene rings is 2. The standard InChI is InChI=1S/C32H32FN5O5/c1-41-32(40)24-7-8-27-30(31(24)39)38(17-23-11-14-42-23)28(35-27)18-37-12-9-21(10-13-37)26-3-2-4-29(36-26)43-19-22-6-5-20(16-34)15-25(22)33/h2-8,15,21,23,39H,9-14,17-19H2,1H3/t23-/m0/s1. The number of hydrogen-bond acceptors (Lipinski definition) is 9. The number of aromatic nitrogens is 3. The molecule has 6 rings (SSSR count). The highest BCUT2D eigenvalue weighted by atomic mass is 19.1. The highest BCUT2D eigenvalue weighted by Crippen LogP contribution is 2.33. The number of esters is 1. The summed E-state index contributed by atoms with van der Waals surface area (Å²) in [4.78, 5) is 24.1. The lowest BCUT2D eigenvalue weighted by Crippen LogP contribution is -2.35. The smallest absolute Gasteiger partial charge is 0.341 e. The van der Waals surface area contributed by atoms with Crippen molar-refractivity contribution in [2.45, 2.75) is 51.0 Å². The summed E-state index contributed by atoms with van der Waals surface area (Å²) in [5, 5.41) is 20.0. The van der Waals surface area contributed by atoms with Crippen LogP contribution < -0.4 is 4.74 Å². The number of imidazole rings is 1. The van der Waals surface area contributed by atoms with Crippen LogP contribution in [0, 0.1) is 17.1 Å². The SMILES string of the molecule is COC(=O)c1ccc2nc(CN3CCC(c4cccc(OCc5ccc(C#N)cc5F)n4)CC3)n(C[C@@H]3CCO3)c2c1O. The molecule has 4 heterocycles. The Bertz CT molecular complexity index is 1690. The van der Waals surface area contributed by atoms with Crippen molar-refractivity contribution < 1.29 is 28.5 Å². The number of phenolic OH excluding ortho intramolecular Hbond substituents is 1. The van der Waals surface area contributed by atoms with Gasteiger partial charge in [-0.25, -0.2) is 19.2 Å². The largest absolute Gasteiger partial charge is 0.505 e. The molecule has 2 aromatic heterocycles. The maximum absolute atomic E-state index is 14.3. The van der Waals surface area contributed by atoms with E-state index in [0.29, 0.717) is 42.2 Å². The van der Waals surface area contributed by atoms with Crippen LogP contribution in [0.25, 0.3) is 11.0 Å². The van der Waals surface area contributed by atoms with Gasteiger partial charge in [0.05, 0.1) is 43.5 Å². The number of carbonyl (C=O) groups is 1. The average molecular weight is 586 g/mol. The number of likely N-dealkylation sites (tertiary alicyclic amines) is 1. The van der Waals surface area contributed by atoms with Gasteiger partial charge in [-0.2, -0.15) is 5.26 Å². The van der Waals surface area contributed by atoms with Crippen molar-refractivity contribution in [1.82, 2.24) is 19.4 Å². The zero-order valence-electron chi connectivity index (χ0n) is 23.8. The fraction of sp³-hybridized carbons (Fsp3) is 0.375. The molecule has 2 fully saturated rings. The Morgan fingerprint density at radius 1 is 1.16 bits per heavy atom. The quantitative estimate of drug-likeness (QED) is 0.279. The van der Waals surface area contributed by atoms with Gasteiger partial charge in [0.2, 0.25) is 5.88 Å². The lowest BCUT2D eigenvalue weighted by molar-refractivity contribution is -0.0592. The molecule has 222 valence electrons. The number of pyridine rings is 1. The second-order valence-electron chi connectivity index (χ2n) is 10.9. The van der Waals surface area contributed by atoms with Gasteiger partial charge >= 0.3 is 5.97 Å². The Morgan fingerprint density at radius 2 is 1.98 bits per heavy atom. The first-order chi connectivity index (χ1) is 20.9. The number of nitrogens with zero attached hydrogens (tertiary/aromatic N) is 5.